The fourth-order valence-corrected chi connectivity index (χ4v) is 4.14. The molecule has 108 valence electrons. The molecule has 2 nitrogen and oxygen atoms in total. The number of carbonyl (C=O) groups is 1. The van der Waals surface area contributed by atoms with Crippen molar-refractivity contribution < 1.29 is 4.79 Å². The summed E-state index contributed by atoms with van der Waals surface area (Å²) < 4.78 is 0.195. The van der Waals surface area contributed by atoms with E-state index in [9.17, 15) is 4.79 Å². The zero-order valence-corrected chi connectivity index (χ0v) is 14.0. The summed E-state index contributed by atoms with van der Waals surface area (Å²) in [6, 6.07) is 0. The Hall–Kier alpha value is 0.170. The molecule has 0 atom stereocenters. The van der Waals surface area contributed by atoms with Crippen LogP contribution in [0.1, 0.15) is 66.2 Å². The van der Waals surface area contributed by atoms with Crippen molar-refractivity contribution in [3.8, 4) is 0 Å². The monoisotopic (exact) mass is 291 g/mol. The Kier molecular flexibility index (Phi) is 11.1. The van der Waals surface area contributed by atoms with Crippen molar-refractivity contribution in [1.82, 2.24) is 5.32 Å². The Balaban J connectivity index is 3.62. The summed E-state index contributed by atoms with van der Waals surface area (Å²) in [4.78, 5) is 11.5. The molecular weight excluding hydrogens is 262 g/mol. The van der Waals surface area contributed by atoms with Crippen molar-refractivity contribution in [2.24, 2.45) is 0 Å². The molecule has 0 saturated carbocycles. The number of rotatable bonds is 11. The van der Waals surface area contributed by atoms with Crippen molar-refractivity contribution in [3.05, 3.63) is 0 Å². The maximum absolute atomic E-state index is 11.5. The fourth-order valence-electron chi connectivity index (χ4n) is 1.42. The second kappa shape index (κ2) is 11.0. The normalized spacial score (nSPS) is 11.6. The van der Waals surface area contributed by atoms with E-state index in [0.29, 0.717) is 6.42 Å². The lowest BCUT2D eigenvalue weighted by atomic mass is 10.1. The molecule has 4 heteroatoms. The molecule has 1 amide bonds. The van der Waals surface area contributed by atoms with E-state index in [-0.39, 0.29) is 10.7 Å². The fraction of sp³-hybridized carbons (Fsp3) is 0.929. The molecule has 1 N–H and O–H groups in total. The van der Waals surface area contributed by atoms with E-state index >= 15 is 0 Å². The Morgan fingerprint density at radius 2 is 1.89 bits per heavy atom. The molecule has 0 saturated heterocycles. The van der Waals surface area contributed by atoms with Crippen molar-refractivity contribution in [3.63, 3.8) is 0 Å². The lowest BCUT2D eigenvalue weighted by molar-refractivity contribution is -0.121. The molecule has 0 aromatic carbocycles. The second-order valence-corrected chi connectivity index (χ2v) is 8.34. The predicted molar refractivity (Wildman–Crippen MR) is 86.2 cm³/mol. The third-order valence-corrected chi connectivity index (χ3v) is 6.08. The molecule has 0 fully saturated rings. The Morgan fingerprint density at radius 1 is 1.17 bits per heavy atom. The summed E-state index contributed by atoms with van der Waals surface area (Å²) in [7, 11) is 3.89. The van der Waals surface area contributed by atoms with E-state index in [1.54, 1.807) is 0 Å². The van der Waals surface area contributed by atoms with Crippen LogP contribution in [0.2, 0.25) is 0 Å². The van der Waals surface area contributed by atoms with E-state index in [0.717, 1.165) is 19.4 Å². The number of nitrogens with one attached hydrogen (secondary N) is 1. The number of amides is 1. The maximum atomic E-state index is 11.5. The lowest BCUT2D eigenvalue weighted by Gasteiger charge is -2.22. The van der Waals surface area contributed by atoms with Crippen LogP contribution in [0.25, 0.3) is 0 Å². The number of carbonyl (C=O) groups excluding carboxylic acids is 1. The minimum atomic E-state index is 0.195. The van der Waals surface area contributed by atoms with Gasteiger partial charge in [-0.15, -0.1) is 0 Å². The lowest BCUT2D eigenvalue weighted by Crippen LogP contribution is -2.26. The van der Waals surface area contributed by atoms with Gasteiger partial charge in [-0.1, -0.05) is 48.3 Å². The number of hydrogen-bond donors (Lipinski definition) is 1. The van der Waals surface area contributed by atoms with E-state index in [4.69, 9.17) is 0 Å². The first-order chi connectivity index (χ1) is 8.52. The van der Waals surface area contributed by atoms with Gasteiger partial charge < -0.3 is 5.32 Å². The van der Waals surface area contributed by atoms with E-state index < -0.39 is 0 Å². The topological polar surface area (TPSA) is 29.1 Å². The molecule has 0 spiro atoms. The van der Waals surface area contributed by atoms with Crippen molar-refractivity contribution in [2.75, 3.05) is 12.3 Å². The molecule has 0 heterocycles. The number of hydrogen-bond acceptors (Lipinski definition) is 3. The summed E-state index contributed by atoms with van der Waals surface area (Å²) in [5.74, 6) is 1.42. The van der Waals surface area contributed by atoms with Gasteiger partial charge in [0, 0.05) is 23.5 Å². The SMILES string of the molecule is CCCCCSSC(C)(C)CCC(=O)NCCC. The van der Waals surface area contributed by atoms with Crippen LogP contribution in [0.3, 0.4) is 0 Å². The molecule has 0 aliphatic heterocycles. The van der Waals surface area contributed by atoms with Crippen molar-refractivity contribution in [2.45, 2.75) is 71.0 Å². The Bertz CT molecular complexity index is 220. The van der Waals surface area contributed by atoms with Crippen LogP contribution in [-0.4, -0.2) is 23.0 Å². The average molecular weight is 292 g/mol. The summed E-state index contributed by atoms with van der Waals surface area (Å²) in [6.45, 7) is 9.58. The summed E-state index contributed by atoms with van der Waals surface area (Å²) in [5.41, 5.74) is 0. The van der Waals surface area contributed by atoms with Crippen molar-refractivity contribution >= 4 is 27.5 Å². The second-order valence-electron chi connectivity index (χ2n) is 5.22. The molecule has 0 bridgehead atoms. The van der Waals surface area contributed by atoms with Gasteiger partial charge >= 0.3 is 0 Å². The van der Waals surface area contributed by atoms with Crippen LogP contribution < -0.4 is 5.32 Å². The largest absolute Gasteiger partial charge is 0.356 e. The Morgan fingerprint density at radius 3 is 2.50 bits per heavy atom. The minimum Gasteiger partial charge on any atom is -0.356 e. The van der Waals surface area contributed by atoms with E-state index in [1.165, 1.54) is 25.0 Å². The highest BCUT2D eigenvalue weighted by Crippen LogP contribution is 2.39. The van der Waals surface area contributed by atoms with Gasteiger partial charge in [0.05, 0.1) is 0 Å². The van der Waals surface area contributed by atoms with Crippen LogP contribution in [-0.2, 0) is 4.79 Å². The maximum Gasteiger partial charge on any atom is 0.220 e. The highest BCUT2D eigenvalue weighted by Gasteiger charge is 2.20. The van der Waals surface area contributed by atoms with Gasteiger partial charge in [0.25, 0.3) is 0 Å². The van der Waals surface area contributed by atoms with Crippen LogP contribution >= 0.6 is 21.6 Å². The van der Waals surface area contributed by atoms with Crippen LogP contribution in [0, 0.1) is 0 Å². The van der Waals surface area contributed by atoms with Crippen LogP contribution in [0.15, 0.2) is 0 Å². The molecule has 0 radical (unpaired) electrons. The smallest absolute Gasteiger partial charge is 0.220 e. The standard InChI is InChI=1S/C14H29NOS2/c1-5-7-8-12-17-18-14(3,4)10-9-13(16)15-11-6-2/h5-12H2,1-4H3,(H,15,16). The first-order valence-electron chi connectivity index (χ1n) is 7.09. The van der Waals surface area contributed by atoms with Gasteiger partial charge in [-0.05, 0) is 33.1 Å². The highest BCUT2D eigenvalue weighted by molar-refractivity contribution is 8.77. The molecule has 0 aromatic heterocycles. The van der Waals surface area contributed by atoms with Gasteiger partial charge in [-0.3, -0.25) is 4.79 Å². The zero-order valence-electron chi connectivity index (χ0n) is 12.4. The quantitative estimate of drug-likeness (QED) is 0.444. The molecular formula is C14H29NOS2. The average Bonchev–Trinajstić information content (AvgIpc) is 2.33. The van der Waals surface area contributed by atoms with Crippen LogP contribution in [0.4, 0.5) is 0 Å². The summed E-state index contributed by atoms with van der Waals surface area (Å²) in [5, 5.41) is 2.93. The molecule has 0 rings (SSSR count). The predicted octanol–water partition coefficient (Wildman–Crippen LogP) is 4.64. The zero-order chi connectivity index (χ0) is 13.9. The third-order valence-electron chi connectivity index (χ3n) is 2.64. The van der Waals surface area contributed by atoms with Gasteiger partial charge in [0.15, 0.2) is 0 Å². The van der Waals surface area contributed by atoms with E-state index in [1.807, 2.05) is 21.6 Å². The summed E-state index contributed by atoms with van der Waals surface area (Å²) in [6.07, 6.45) is 6.53. The third kappa shape index (κ3) is 11.3. The van der Waals surface area contributed by atoms with Gasteiger partial charge in [-0.2, -0.15) is 0 Å². The molecule has 0 aliphatic rings. The van der Waals surface area contributed by atoms with E-state index in [2.05, 4.69) is 33.0 Å². The molecule has 0 aliphatic carbocycles. The van der Waals surface area contributed by atoms with Gasteiger partial charge in [0.2, 0.25) is 5.91 Å². The first-order valence-corrected chi connectivity index (χ1v) is 9.41. The van der Waals surface area contributed by atoms with Crippen molar-refractivity contribution in [1.29, 1.82) is 0 Å². The van der Waals surface area contributed by atoms with Crippen LogP contribution in [0.5, 0.6) is 0 Å². The highest BCUT2D eigenvalue weighted by atomic mass is 33.1. The number of unbranched alkanes of at least 4 members (excludes halogenated alkanes) is 2. The molecule has 0 unspecified atom stereocenters. The van der Waals surface area contributed by atoms with Gasteiger partial charge in [-0.25, -0.2) is 0 Å². The Labute approximate surface area is 121 Å². The summed E-state index contributed by atoms with van der Waals surface area (Å²) >= 11 is 0. The first kappa shape index (κ1) is 18.2. The molecule has 0 aromatic rings. The minimum absolute atomic E-state index is 0.195. The van der Waals surface area contributed by atoms with Gasteiger partial charge in [0.1, 0.15) is 0 Å². The molecule has 18 heavy (non-hydrogen) atoms.